The van der Waals surface area contributed by atoms with Crippen LogP contribution in [-0.4, -0.2) is 26.8 Å². The molecule has 0 bridgehead atoms. The van der Waals surface area contributed by atoms with Crippen molar-refractivity contribution in [2.24, 2.45) is 5.92 Å². The number of para-hydroxylation sites is 2. The molecule has 0 saturated heterocycles. The lowest BCUT2D eigenvalue weighted by molar-refractivity contribution is -0.121. The van der Waals surface area contributed by atoms with E-state index < -0.39 is 0 Å². The van der Waals surface area contributed by atoms with Crippen LogP contribution in [0.3, 0.4) is 0 Å². The number of aryl methyl sites for hydroxylation is 1. The van der Waals surface area contributed by atoms with Gasteiger partial charge >= 0.3 is 0 Å². The average Bonchev–Trinajstić information content (AvgIpc) is 2.74. The Morgan fingerprint density at radius 1 is 1.40 bits per heavy atom. The first-order valence-electron chi connectivity index (χ1n) is 6.84. The smallest absolute Gasteiger partial charge is 0.234 e. The van der Waals surface area contributed by atoms with Crippen LogP contribution in [0.5, 0.6) is 0 Å². The van der Waals surface area contributed by atoms with Crippen LogP contribution in [0.25, 0.3) is 11.0 Å². The highest BCUT2D eigenvalue weighted by atomic mass is 79.9. The lowest BCUT2D eigenvalue weighted by Gasteiger charge is -2.14. The third kappa shape index (κ3) is 3.20. The number of benzene rings is 1. The monoisotopic (exact) mass is 337 g/mol. The van der Waals surface area contributed by atoms with Crippen molar-refractivity contribution in [3.8, 4) is 0 Å². The van der Waals surface area contributed by atoms with E-state index in [1.165, 1.54) is 0 Å². The molecule has 1 aromatic carbocycles. The Balaban J connectivity index is 2.00. The first kappa shape index (κ1) is 15.0. The molecule has 0 spiro atoms. The summed E-state index contributed by atoms with van der Waals surface area (Å²) in [5.74, 6) is 1.30. The van der Waals surface area contributed by atoms with Gasteiger partial charge in [0.25, 0.3) is 0 Å². The number of alkyl halides is 1. The van der Waals surface area contributed by atoms with Crippen molar-refractivity contribution < 1.29 is 4.79 Å². The van der Waals surface area contributed by atoms with Crippen LogP contribution in [-0.2, 0) is 11.3 Å². The lowest BCUT2D eigenvalue weighted by atomic mass is 10.1. The Morgan fingerprint density at radius 3 is 2.80 bits per heavy atom. The maximum absolute atomic E-state index is 11.9. The van der Waals surface area contributed by atoms with E-state index in [1.54, 1.807) is 0 Å². The molecule has 0 aliphatic carbocycles. The molecule has 0 aliphatic heterocycles. The first-order chi connectivity index (χ1) is 9.50. The number of hydrogen-bond acceptors (Lipinski definition) is 2. The number of fused-ring (bicyclic) bond motifs is 1. The van der Waals surface area contributed by atoms with Crippen molar-refractivity contribution in [2.75, 3.05) is 6.54 Å². The Labute approximate surface area is 127 Å². The van der Waals surface area contributed by atoms with Crippen LogP contribution in [0.2, 0.25) is 0 Å². The van der Waals surface area contributed by atoms with Crippen molar-refractivity contribution in [2.45, 2.75) is 32.1 Å². The average molecular weight is 338 g/mol. The van der Waals surface area contributed by atoms with Gasteiger partial charge in [-0.3, -0.25) is 4.79 Å². The number of carbonyl (C=O) groups is 1. The fraction of sp³-hybridized carbons (Fsp3) is 0.467. The van der Waals surface area contributed by atoms with Gasteiger partial charge in [0, 0.05) is 13.1 Å². The van der Waals surface area contributed by atoms with Crippen LogP contribution in [0.4, 0.5) is 0 Å². The van der Waals surface area contributed by atoms with Gasteiger partial charge in [-0.05, 0) is 25.0 Å². The number of amides is 1. The fourth-order valence-electron chi connectivity index (χ4n) is 2.17. The molecule has 2 aromatic rings. The minimum atomic E-state index is -0.136. The highest BCUT2D eigenvalue weighted by Crippen LogP contribution is 2.15. The van der Waals surface area contributed by atoms with Crippen molar-refractivity contribution in [1.29, 1.82) is 0 Å². The summed E-state index contributed by atoms with van der Waals surface area (Å²) < 4.78 is 2.13. The molecule has 1 amide bonds. The van der Waals surface area contributed by atoms with E-state index in [4.69, 9.17) is 0 Å². The van der Waals surface area contributed by atoms with Gasteiger partial charge in [0.15, 0.2) is 0 Å². The molecule has 0 saturated carbocycles. The van der Waals surface area contributed by atoms with Gasteiger partial charge in [0.05, 0.1) is 15.9 Å². The van der Waals surface area contributed by atoms with E-state index in [-0.39, 0.29) is 16.7 Å². The maximum Gasteiger partial charge on any atom is 0.234 e. The molecule has 2 rings (SSSR count). The molecule has 1 unspecified atom stereocenters. The molecule has 0 aliphatic rings. The quantitative estimate of drug-likeness (QED) is 0.852. The largest absolute Gasteiger partial charge is 0.353 e. The molecule has 0 radical (unpaired) electrons. The third-order valence-corrected chi connectivity index (χ3v) is 4.79. The normalized spacial score (nSPS) is 12.8. The minimum absolute atomic E-state index is 0.0436. The van der Waals surface area contributed by atoms with Crippen LogP contribution in [0.1, 0.15) is 19.7 Å². The molecular weight excluding hydrogens is 318 g/mol. The predicted octanol–water partition coefficient (Wildman–Crippen LogP) is 2.88. The number of carbonyl (C=O) groups excluding carboxylic acids is 1. The summed E-state index contributed by atoms with van der Waals surface area (Å²) in [4.78, 5) is 16.3. The maximum atomic E-state index is 11.9. The highest BCUT2D eigenvalue weighted by Gasteiger charge is 2.17. The van der Waals surface area contributed by atoms with E-state index in [9.17, 15) is 4.79 Å². The second-order valence-corrected chi connectivity index (χ2v) is 6.22. The lowest BCUT2D eigenvalue weighted by Crippen LogP contribution is -2.35. The minimum Gasteiger partial charge on any atom is -0.353 e. The van der Waals surface area contributed by atoms with Gasteiger partial charge in [-0.25, -0.2) is 4.98 Å². The van der Waals surface area contributed by atoms with Gasteiger partial charge in [0.2, 0.25) is 5.91 Å². The van der Waals surface area contributed by atoms with E-state index in [0.717, 1.165) is 23.4 Å². The Hall–Kier alpha value is -1.36. The molecule has 1 aromatic heterocycles. The third-order valence-electron chi connectivity index (χ3n) is 3.32. The molecule has 4 nitrogen and oxygen atoms in total. The van der Waals surface area contributed by atoms with E-state index >= 15 is 0 Å². The van der Waals surface area contributed by atoms with Crippen LogP contribution < -0.4 is 5.32 Å². The molecule has 1 heterocycles. The Bertz CT molecular complexity index is 606. The predicted molar refractivity (Wildman–Crippen MR) is 85.0 cm³/mol. The summed E-state index contributed by atoms with van der Waals surface area (Å²) in [6.45, 7) is 7.37. The number of halogens is 1. The van der Waals surface area contributed by atoms with Gasteiger partial charge in [-0.1, -0.05) is 41.9 Å². The van der Waals surface area contributed by atoms with Crippen LogP contribution in [0.15, 0.2) is 24.3 Å². The number of imidazole rings is 1. The number of hydrogen-bond donors (Lipinski definition) is 1. The molecule has 20 heavy (non-hydrogen) atoms. The Kier molecular flexibility index (Phi) is 4.81. The second kappa shape index (κ2) is 6.39. The van der Waals surface area contributed by atoms with Gasteiger partial charge in [0.1, 0.15) is 5.82 Å². The topological polar surface area (TPSA) is 46.9 Å². The number of aromatic nitrogens is 2. The molecule has 1 N–H and O–H groups in total. The first-order valence-corrected chi connectivity index (χ1v) is 7.76. The zero-order valence-corrected chi connectivity index (χ0v) is 13.6. The zero-order valence-electron chi connectivity index (χ0n) is 12.1. The summed E-state index contributed by atoms with van der Waals surface area (Å²) in [5.41, 5.74) is 2.11. The number of nitrogens with one attached hydrogen (secondary N) is 1. The zero-order chi connectivity index (χ0) is 14.7. The summed E-state index contributed by atoms with van der Waals surface area (Å²) >= 11 is 3.41. The SMILES string of the molecule is Cc1nc2ccccc2n1CCNC(=O)C(Br)C(C)C. The fourth-order valence-corrected chi connectivity index (χ4v) is 2.33. The number of nitrogens with zero attached hydrogens (tertiary/aromatic N) is 2. The van der Waals surface area contributed by atoms with E-state index in [2.05, 4.69) is 36.9 Å². The molecular formula is C15H20BrN3O. The van der Waals surface area contributed by atoms with Crippen LogP contribution in [0, 0.1) is 12.8 Å². The summed E-state index contributed by atoms with van der Waals surface area (Å²) in [6, 6.07) is 8.05. The molecule has 0 fully saturated rings. The molecule has 5 heteroatoms. The second-order valence-electron chi connectivity index (χ2n) is 5.24. The van der Waals surface area contributed by atoms with E-state index in [0.29, 0.717) is 6.54 Å². The summed E-state index contributed by atoms with van der Waals surface area (Å²) in [7, 11) is 0. The number of rotatable bonds is 5. The van der Waals surface area contributed by atoms with Crippen molar-refractivity contribution in [1.82, 2.24) is 14.9 Å². The highest BCUT2D eigenvalue weighted by molar-refractivity contribution is 9.10. The van der Waals surface area contributed by atoms with E-state index in [1.807, 2.05) is 39.0 Å². The van der Waals surface area contributed by atoms with Crippen molar-refractivity contribution in [3.05, 3.63) is 30.1 Å². The standard InChI is InChI=1S/C15H20BrN3O/c1-10(2)14(16)15(20)17-8-9-19-11(3)18-12-6-4-5-7-13(12)19/h4-7,10,14H,8-9H2,1-3H3,(H,17,20). The van der Waals surface area contributed by atoms with Crippen molar-refractivity contribution >= 4 is 32.9 Å². The van der Waals surface area contributed by atoms with Crippen molar-refractivity contribution in [3.63, 3.8) is 0 Å². The van der Waals surface area contributed by atoms with Crippen LogP contribution >= 0.6 is 15.9 Å². The van der Waals surface area contributed by atoms with Gasteiger partial charge in [-0.15, -0.1) is 0 Å². The molecule has 108 valence electrons. The Morgan fingerprint density at radius 2 is 2.10 bits per heavy atom. The van der Waals surface area contributed by atoms with Gasteiger partial charge in [-0.2, -0.15) is 0 Å². The van der Waals surface area contributed by atoms with Gasteiger partial charge < -0.3 is 9.88 Å². The summed E-state index contributed by atoms with van der Waals surface area (Å²) in [5, 5.41) is 2.96. The summed E-state index contributed by atoms with van der Waals surface area (Å²) in [6.07, 6.45) is 0. The molecule has 1 atom stereocenters.